The third kappa shape index (κ3) is 5.51. The lowest BCUT2D eigenvalue weighted by Gasteiger charge is -2.33. The molecule has 208 valence electrons. The molecule has 39 heavy (non-hydrogen) atoms. The minimum Gasteiger partial charge on any atom is -0.461 e. The second-order valence-corrected chi connectivity index (χ2v) is 10.7. The Morgan fingerprint density at radius 3 is 2.82 bits per heavy atom. The molecule has 3 heterocycles. The molecule has 5 rings (SSSR count). The number of aryl methyl sites for hydroxylation is 1. The van der Waals surface area contributed by atoms with Crippen LogP contribution in [0.1, 0.15) is 18.1 Å². The predicted molar refractivity (Wildman–Crippen MR) is 155 cm³/mol. The zero-order valence-corrected chi connectivity index (χ0v) is 23.5. The molecule has 0 spiro atoms. The van der Waals surface area contributed by atoms with Gasteiger partial charge in [0, 0.05) is 74.1 Å². The number of aromatic nitrogens is 2. The van der Waals surface area contributed by atoms with Crippen LogP contribution >= 0.6 is 11.6 Å². The summed E-state index contributed by atoms with van der Waals surface area (Å²) in [6.45, 7) is 8.69. The van der Waals surface area contributed by atoms with Crippen molar-refractivity contribution >= 4 is 40.2 Å². The van der Waals surface area contributed by atoms with E-state index in [-0.39, 0.29) is 40.9 Å². The van der Waals surface area contributed by atoms with Crippen molar-refractivity contribution in [3.05, 3.63) is 40.2 Å². The molecule has 11 heteroatoms. The summed E-state index contributed by atoms with van der Waals surface area (Å²) >= 11 is 6.83. The number of anilines is 2. The van der Waals surface area contributed by atoms with E-state index in [4.69, 9.17) is 31.5 Å². The van der Waals surface area contributed by atoms with Gasteiger partial charge in [-0.1, -0.05) is 23.7 Å². The zero-order valence-electron chi connectivity index (χ0n) is 22.8. The highest BCUT2D eigenvalue weighted by Gasteiger charge is 2.27. The number of hydrogen-bond donors (Lipinski definition) is 3. The summed E-state index contributed by atoms with van der Waals surface area (Å²) in [5.41, 5.74) is 3.06. The molecule has 3 aromatic rings. The molecule has 2 saturated heterocycles. The third-order valence-electron chi connectivity index (χ3n) is 7.35. The number of morpholine rings is 1. The van der Waals surface area contributed by atoms with Crippen molar-refractivity contribution in [1.82, 2.24) is 20.2 Å². The van der Waals surface area contributed by atoms with Crippen molar-refractivity contribution in [2.45, 2.75) is 26.0 Å². The molecular formula is C28H35ClFN7O2. The normalized spacial score (nSPS) is 20.3. The Hall–Kier alpha value is -3.05. The molecule has 2 atom stereocenters. The molecule has 0 aliphatic carbocycles. The molecule has 0 saturated carbocycles. The molecule has 0 radical (unpaired) electrons. The van der Waals surface area contributed by atoms with E-state index in [0.717, 1.165) is 25.2 Å². The lowest BCUT2D eigenvalue weighted by Crippen LogP contribution is -2.49. The fourth-order valence-corrected chi connectivity index (χ4v) is 5.68. The van der Waals surface area contributed by atoms with Gasteiger partial charge in [-0.25, -0.2) is 4.39 Å². The standard InChI is InChI=1S/C28H35ClFN7O2/c1-16-5-6-18(12-31)25(32-3)22(16)23-21(29)11-20-26(24(23)30)34-28(39-15-19-14-36(4)9-10-38-19)35-27(20)37-8-7-33-17(2)13-37/h5-6,11-12,17,19,31-33H,7-10,13-15H2,1-4H3. The lowest BCUT2D eigenvalue weighted by atomic mass is 9.94. The van der Waals surface area contributed by atoms with Gasteiger partial charge in [0.2, 0.25) is 0 Å². The smallest absolute Gasteiger partial charge is 0.319 e. The van der Waals surface area contributed by atoms with Gasteiger partial charge in [0.15, 0.2) is 5.82 Å². The maximum Gasteiger partial charge on any atom is 0.319 e. The summed E-state index contributed by atoms with van der Waals surface area (Å²) in [4.78, 5) is 13.6. The number of ether oxygens (including phenoxy) is 2. The van der Waals surface area contributed by atoms with E-state index in [1.165, 1.54) is 6.21 Å². The average Bonchev–Trinajstić information content (AvgIpc) is 2.92. The van der Waals surface area contributed by atoms with Gasteiger partial charge in [-0.05, 0) is 32.5 Å². The van der Waals surface area contributed by atoms with Gasteiger partial charge in [-0.15, -0.1) is 0 Å². The van der Waals surface area contributed by atoms with Gasteiger partial charge in [0.25, 0.3) is 0 Å². The van der Waals surface area contributed by atoms with Crippen LogP contribution in [0.2, 0.25) is 5.02 Å². The van der Waals surface area contributed by atoms with Gasteiger partial charge >= 0.3 is 6.01 Å². The van der Waals surface area contributed by atoms with E-state index < -0.39 is 5.82 Å². The second-order valence-electron chi connectivity index (χ2n) is 10.3. The number of nitrogens with one attached hydrogen (secondary N) is 3. The third-order valence-corrected chi connectivity index (χ3v) is 7.65. The Bertz CT molecular complexity index is 1390. The molecule has 9 nitrogen and oxygen atoms in total. The van der Waals surface area contributed by atoms with Crippen molar-refractivity contribution in [3.63, 3.8) is 0 Å². The summed E-state index contributed by atoms with van der Waals surface area (Å²) in [7, 11) is 3.79. The maximum absolute atomic E-state index is 16.6. The quantitative estimate of drug-likeness (QED) is 0.377. The Kier molecular flexibility index (Phi) is 8.18. The fourth-order valence-electron chi connectivity index (χ4n) is 5.39. The Balaban J connectivity index is 1.66. The highest BCUT2D eigenvalue weighted by molar-refractivity contribution is 6.34. The van der Waals surface area contributed by atoms with Crippen LogP contribution in [-0.4, -0.2) is 93.3 Å². The van der Waals surface area contributed by atoms with Crippen LogP contribution in [0.5, 0.6) is 6.01 Å². The highest BCUT2D eigenvalue weighted by atomic mass is 35.5. The molecule has 0 amide bonds. The molecule has 2 aromatic carbocycles. The minimum atomic E-state index is -0.551. The first kappa shape index (κ1) is 27.5. The van der Waals surface area contributed by atoms with Crippen molar-refractivity contribution in [2.24, 2.45) is 0 Å². The molecular weight excluding hydrogens is 521 g/mol. The van der Waals surface area contributed by atoms with Crippen LogP contribution in [0.4, 0.5) is 15.9 Å². The Labute approximate surface area is 233 Å². The second kappa shape index (κ2) is 11.6. The highest BCUT2D eigenvalue weighted by Crippen LogP contribution is 2.43. The van der Waals surface area contributed by atoms with Crippen LogP contribution < -0.4 is 20.3 Å². The SMILES string of the molecule is CNc1c(C=N)ccc(C)c1-c1c(Cl)cc2c(N3CCNC(C)C3)nc(OCC3CN(C)CCO3)nc2c1F. The molecule has 2 aliphatic rings. The maximum atomic E-state index is 16.6. The van der Waals surface area contributed by atoms with Crippen LogP contribution in [0.15, 0.2) is 18.2 Å². The first-order valence-electron chi connectivity index (χ1n) is 13.2. The van der Waals surface area contributed by atoms with Crippen LogP contribution in [0, 0.1) is 18.2 Å². The van der Waals surface area contributed by atoms with Crippen molar-refractivity contribution in [2.75, 3.05) is 70.2 Å². The topological polar surface area (TPSA) is 98.6 Å². The van der Waals surface area contributed by atoms with Crippen LogP contribution in [-0.2, 0) is 4.74 Å². The summed E-state index contributed by atoms with van der Waals surface area (Å²) < 4.78 is 28.5. The van der Waals surface area contributed by atoms with Gasteiger partial charge in [-0.2, -0.15) is 9.97 Å². The summed E-state index contributed by atoms with van der Waals surface area (Å²) in [5.74, 6) is 0.0424. The first-order chi connectivity index (χ1) is 18.8. The number of likely N-dealkylation sites (N-methyl/N-ethyl adjacent to an activating group) is 1. The molecule has 1 aromatic heterocycles. The van der Waals surface area contributed by atoms with Crippen LogP contribution in [0.25, 0.3) is 22.0 Å². The van der Waals surface area contributed by atoms with Gasteiger partial charge in [-0.3, -0.25) is 0 Å². The largest absolute Gasteiger partial charge is 0.461 e. The summed E-state index contributed by atoms with van der Waals surface area (Å²) in [6, 6.07) is 5.78. The van der Waals surface area contributed by atoms with E-state index in [1.807, 2.05) is 26.1 Å². The van der Waals surface area contributed by atoms with Crippen LogP contribution in [0.3, 0.4) is 0 Å². The lowest BCUT2D eigenvalue weighted by molar-refractivity contribution is -0.0416. The van der Waals surface area contributed by atoms with E-state index in [1.54, 1.807) is 13.1 Å². The number of piperazine rings is 1. The van der Waals surface area contributed by atoms with Crippen molar-refractivity contribution < 1.29 is 13.9 Å². The van der Waals surface area contributed by atoms with Gasteiger partial charge in [0.1, 0.15) is 24.0 Å². The summed E-state index contributed by atoms with van der Waals surface area (Å²) in [6.07, 6.45) is 1.12. The zero-order chi connectivity index (χ0) is 27.7. The van der Waals surface area contributed by atoms with Gasteiger partial charge in [0.05, 0.1) is 17.3 Å². The predicted octanol–water partition coefficient (Wildman–Crippen LogP) is 3.94. The monoisotopic (exact) mass is 555 g/mol. The molecule has 0 bridgehead atoms. The van der Waals surface area contributed by atoms with E-state index in [9.17, 15) is 0 Å². The number of fused-ring (bicyclic) bond motifs is 1. The number of halogens is 2. The van der Waals surface area contributed by atoms with Crippen molar-refractivity contribution in [1.29, 1.82) is 5.41 Å². The first-order valence-corrected chi connectivity index (χ1v) is 13.6. The molecule has 3 N–H and O–H groups in total. The average molecular weight is 556 g/mol. The summed E-state index contributed by atoms with van der Waals surface area (Å²) in [5, 5.41) is 15.2. The number of nitrogens with zero attached hydrogens (tertiary/aromatic N) is 4. The van der Waals surface area contributed by atoms with E-state index >= 15 is 4.39 Å². The Morgan fingerprint density at radius 2 is 2.10 bits per heavy atom. The fraction of sp³-hybridized carbons (Fsp3) is 0.464. The minimum absolute atomic E-state index is 0.103. The van der Waals surface area contributed by atoms with E-state index in [0.29, 0.717) is 47.7 Å². The molecule has 2 aliphatic heterocycles. The van der Waals surface area contributed by atoms with Gasteiger partial charge < -0.3 is 35.3 Å². The van der Waals surface area contributed by atoms with Crippen molar-refractivity contribution in [3.8, 4) is 17.1 Å². The molecule has 2 fully saturated rings. The van der Waals surface area contributed by atoms with E-state index in [2.05, 4.69) is 32.3 Å². The number of hydrogen-bond acceptors (Lipinski definition) is 9. The Morgan fingerprint density at radius 1 is 1.28 bits per heavy atom. The number of benzene rings is 2. The molecule has 2 unspecified atom stereocenters. The number of rotatable bonds is 7.